The average Bonchev–Trinajstić information content (AvgIpc) is 2.60. The first kappa shape index (κ1) is 8.49. The second kappa shape index (κ2) is 2.83. The van der Waals surface area contributed by atoms with Crippen LogP contribution in [0.5, 0.6) is 0 Å². The minimum Gasteiger partial charge on any atom is -0.249 e. The summed E-state index contributed by atoms with van der Waals surface area (Å²) in [6.45, 7) is 2.01. The van der Waals surface area contributed by atoms with Gasteiger partial charge in [0.25, 0.3) is 5.78 Å². The number of aryl methyl sites for hydroxylation is 1. The van der Waals surface area contributed by atoms with Crippen LogP contribution >= 0.6 is 12.2 Å². The zero-order valence-electron chi connectivity index (χ0n) is 7.93. The molecule has 1 N–H and O–H groups in total. The predicted molar refractivity (Wildman–Crippen MR) is 58.2 cm³/mol. The quantitative estimate of drug-likeness (QED) is 0.581. The third kappa shape index (κ3) is 1.15. The number of rotatable bonds is 0. The molecule has 0 spiro atoms. The molecule has 0 aliphatic heterocycles. The van der Waals surface area contributed by atoms with Crippen molar-refractivity contribution in [1.82, 2.24) is 24.8 Å². The SMILES string of the molecule is Cc1ccc2c(c1)nnc1n[nH]c(=S)n12. The number of hydrogen-bond acceptors (Lipinski definition) is 4. The lowest BCUT2D eigenvalue weighted by Crippen LogP contribution is -1.95. The summed E-state index contributed by atoms with van der Waals surface area (Å²) in [7, 11) is 0. The Morgan fingerprint density at radius 3 is 3.07 bits per heavy atom. The van der Waals surface area contributed by atoms with Crippen LogP contribution in [0.25, 0.3) is 16.8 Å². The van der Waals surface area contributed by atoms with Gasteiger partial charge in [0.05, 0.1) is 5.52 Å². The Morgan fingerprint density at radius 1 is 1.33 bits per heavy atom. The summed E-state index contributed by atoms with van der Waals surface area (Å²) in [5, 5.41) is 14.7. The van der Waals surface area contributed by atoms with Gasteiger partial charge in [-0.3, -0.25) is 0 Å². The minimum absolute atomic E-state index is 0.497. The van der Waals surface area contributed by atoms with Gasteiger partial charge in [0, 0.05) is 0 Å². The van der Waals surface area contributed by atoms with Crippen molar-refractivity contribution >= 4 is 29.0 Å². The van der Waals surface area contributed by atoms with Gasteiger partial charge in [0.1, 0.15) is 5.52 Å². The van der Waals surface area contributed by atoms with E-state index in [-0.39, 0.29) is 0 Å². The number of benzene rings is 1. The lowest BCUT2D eigenvalue weighted by atomic mass is 10.2. The van der Waals surface area contributed by atoms with Crippen LogP contribution in [-0.2, 0) is 0 Å². The highest BCUT2D eigenvalue weighted by Crippen LogP contribution is 2.13. The molecule has 0 amide bonds. The molecule has 0 saturated carbocycles. The van der Waals surface area contributed by atoms with Gasteiger partial charge in [-0.15, -0.1) is 15.3 Å². The number of H-pyrrole nitrogens is 1. The summed E-state index contributed by atoms with van der Waals surface area (Å²) in [5.74, 6) is 0.497. The normalized spacial score (nSPS) is 11.3. The van der Waals surface area contributed by atoms with E-state index < -0.39 is 0 Å². The Kier molecular flexibility index (Phi) is 1.60. The van der Waals surface area contributed by atoms with Crippen LogP contribution in [0.1, 0.15) is 5.56 Å². The molecule has 0 fully saturated rings. The standard InChI is InChI=1S/C9H7N5S/c1-5-2-3-7-6(4-5)10-11-8-12-13-9(15)14(7)8/h2-4H,1H3,(H,13,15). The fraction of sp³-hybridized carbons (Fsp3) is 0.111. The Hall–Kier alpha value is -1.82. The van der Waals surface area contributed by atoms with Crippen molar-refractivity contribution in [2.45, 2.75) is 6.92 Å². The number of aromatic nitrogens is 5. The van der Waals surface area contributed by atoms with Crippen molar-refractivity contribution < 1.29 is 0 Å². The molecule has 0 unspecified atom stereocenters. The fourth-order valence-corrected chi connectivity index (χ4v) is 1.80. The van der Waals surface area contributed by atoms with Crippen molar-refractivity contribution in [1.29, 1.82) is 0 Å². The van der Waals surface area contributed by atoms with Gasteiger partial charge in [0.15, 0.2) is 0 Å². The zero-order valence-corrected chi connectivity index (χ0v) is 8.75. The predicted octanol–water partition coefficient (Wildman–Crippen LogP) is 1.64. The molecule has 0 aliphatic rings. The first-order chi connectivity index (χ1) is 7.25. The summed E-state index contributed by atoms with van der Waals surface area (Å²) in [6.07, 6.45) is 0. The van der Waals surface area contributed by atoms with Crippen molar-refractivity contribution in [3.05, 3.63) is 28.5 Å². The molecule has 74 valence electrons. The van der Waals surface area contributed by atoms with Crippen molar-refractivity contribution in [3.8, 4) is 0 Å². The molecule has 5 nitrogen and oxygen atoms in total. The monoisotopic (exact) mass is 217 g/mol. The minimum atomic E-state index is 0.497. The molecular weight excluding hydrogens is 210 g/mol. The maximum Gasteiger partial charge on any atom is 0.273 e. The zero-order chi connectivity index (χ0) is 10.4. The van der Waals surface area contributed by atoms with Crippen LogP contribution in [0.3, 0.4) is 0 Å². The van der Waals surface area contributed by atoms with Gasteiger partial charge in [-0.2, -0.15) is 0 Å². The third-order valence-electron chi connectivity index (χ3n) is 2.27. The van der Waals surface area contributed by atoms with E-state index in [9.17, 15) is 0 Å². The first-order valence-electron chi connectivity index (χ1n) is 4.46. The van der Waals surface area contributed by atoms with Crippen LogP contribution < -0.4 is 0 Å². The maximum atomic E-state index is 5.12. The van der Waals surface area contributed by atoms with Crippen LogP contribution in [0, 0.1) is 11.7 Å². The molecule has 0 bridgehead atoms. The summed E-state index contributed by atoms with van der Waals surface area (Å²) in [4.78, 5) is 0. The Labute approximate surface area is 89.8 Å². The summed E-state index contributed by atoms with van der Waals surface area (Å²) in [5.41, 5.74) is 2.88. The van der Waals surface area contributed by atoms with Crippen LogP contribution in [-0.4, -0.2) is 24.8 Å². The number of fused-ring (bicyclic) bond motifs is 3. The van der Waals surface area contributed by atoms with E-state index in [0.29, 0.717) is 10.5 Å². The second-order valence-electron chi connectivity index (χ2n) is 3.36. The van der Waals surface area contributed by atoms with Gasteiger partial charge in [-0.25, -0.2) is 9.50 Å². The molecule has 3 rings (SSSR count). The molecular formula is C9H7N5S. The number of nitrogens with zero attached hydrogens (tertiary/aromatic N) is 4. The highest BCUT2D eigenvalue weighted by Gasteiger charge is 2.04. The smallest absolute Gasteiger partial charge is 0.249 e. The fourth-order valence-electron chi connectivity index (χ4n) is 1.57. The second-order valence-corrected chi connectivity index (χ2v) is 3.74. The highest BCUT2D eigenvalue weighted by atomic mass is 32.1. The highest BCUT2D eigenvalue weighted by molar-refractivity contribution is 7.71. The topological polar surface area (TPSA) is 58.9 Å². The maximum absolute atomic E-state index is 5.12. The average molecular weight is 217 g/mol. The Balaban J connectivity index is 2.64. The van der Waals surface area contributed by atoms with Gasteiger partial charge >= 0.3 is 0 Å². The third-order valence-corrected chi connectivity index (χ3v) is 2.55. The number of nitrogens with one attached hydrogen (secondary N) is 1. The molecule has 2 heterocycles. The summed E-state index contributed by atoms with van der Waals surface area (Å²) in [6, 6.07) is 5.95. The summed E-state index contributed by atoms with van der Waals surface area (Å²) < 4.78 is 2.31. The lowest BCUT2D eigenvalue weighted by molar-refractivity contribution is 1.01. The van der Waals surface area contributed by atoms with Crippen LogP contribution in [0.4, 0.5) is 0 Å². The molecule has 3 aromatic rings. The Morgan fingerprint density at radius 2 is 2.20 bits per heavy atom. The van der Waals surface area contributed by atoms with E-state index in [1.165, 1.54) is 0 Å². The van der Waals surface area contributed by atoms with Gasteiger partial charge in [0.2, 0.25) is 4.77 Å². The van der Waals surface area contributed by atoms with E-state index in [1.54, 1.807) is 4.40 Å². The van der Waals surface area contributed by atoms with Crippen LogP contribution in [0.2, 0.25) is 0 Å². The van der Waals surface area contributed by atoms with Crippen molar-refractivity contribution in [3.63, 3.8) is 0 Å². The molecule has 0 atom stereocenters. The molecule has 15 heavy (non-hydrogen) atoms. The van der Waals surface area contributed by atoms with E-state index >= 15 is 0 Å². The lowest BCUT2D eigenvalue weighted by Gasteiger charge is -1.99. The Bertz CT molecular complexity index is 711. The van der Waals surface area contributed by atoms with Crippen molar-refractivity contribution in [2.75, 3.05) is 0 Å². The molecule has 0 radical (unpaired) electrons. The largest absolute Gasteiger partial charge is 0.273 e. The molecule has 0 saturated heterocycles. The van der Waals surface area contributed by atoms with E-state index in [2.05, 4.69) is 20.4 Å². The number of hydrogen-bond donors (Lipinski definition) is 1. The molecule has 1 aromatic carbocycles. The molecule has 2 aromatic heterocycles. The first-order valence-corrected chi connectivity index (χ1v) is 4.87. The molecule has 6 heteroatoms. The molecule has 0 aliphatic carbocycles. The van der Waals surface area contributed by atoms with E-state index in [1.807, 2.05) is 25.1 Å². The van der Waals surface area contributed by atoms with Gasteiger partial charge in [-0.05, 0) is 36.8 Å². The van der Waals surface area contributed by atoms with Gasteiger partial charge < -0.3 is 0 Å². The summed E-state index contributed by atoms with van der Waals surface area (Å²) >= 11 is 5.12. The van der Waals surface area contributed by atoms with Gasteiger partial charge in [-0.1, -0.05) is 6.07 Å². The van der Waals surface area contributed by atoms with Crippen molar-refractivity contribution in [2.24, 2.45) is 0 Å². The number of aromatic amines is 1. The van der Waals surface area contributed by atoms with E-state index in [4.69, 9.17) is 12.2 Å². The van der Waals surface area contributed by atoms with E-state index in [0.717, 1.165) is 16.6 Å². The van der Waals surface area contributed by atoms with Crippen LogP contribution in [0.15, 0.2) is 18.2 Å².